The van der Waals surface area contributed by atoms with Crippen molar-refractivity contribution in [2.24, 2.45) is 0 Å². The van der Waals surface area contributed by atoms with Crippen LogP contribution in [0.4, 0.5) is 4.79 Å². The number of carbonyl (C=O) groups is 1. The third-order valence-electron chi connectivity index (χ3n) is 4.10. The molecule has 1 aliphatic rings. The summed E-state index contributed by atoms with van der Waals surface area (Å²) < 4.78 is 0. The molecule has 2 amide bonds. The second-order valence-corrected chi connectivity index (χ2v) is 6.61. The summed E-state index contributed by atoms with van der Waals surface area (Å²) in [6.07, 6.45) is 8.08. The average Bonchev–Trinajstić information content (AvgIpc) is 2.96. The number of hydrogen-bond acceptors (Lipinski definition) is 3. The fourth-order valence-electron chi connectivity index (χ4n) is 2.96. The van der Waals surface area contributed by atoms with Crippen LogP contribution in [-0.4, -0.2) is 22.5 Å². The normalized spacial score (nSPS) is 18.7. The van der Waals surface area contributed by atoms with Gasteiger partial charge in [-0.25, -0.2) is 4.79 Å². The Morgan fingerprint density at radius 2 is 2.14 bits per heavy atom. The van der Waals surface area contributed by atoms with E-state index in [1.807, 2.05) is 46.9 Å². The number of carbonyl (C=O) groups excluding carboxylic acids is 1. The van der Waals surface area contributed by atoms with Gasteiger partial charge in [-0.3, -0.25) is 4.98 Å². The maximum Gasteiger partial charge on any atom is 0.318 e. The van der Waals surface area contributed by atoms with Crippen LogP contribution in [0.1, 0.15) is 42.2 Å². The van der Waals surface area contributed by atoms with Gasteiger partial charge in [0.05, 0.1) is 12.6 Å². The van der Waals surface area contributed by atoms with E-state index in [0.717, 1.165) is 19.4 Å². The van der Waals surface area contributed by atoms with E-state index in [-0.39, 0.29) is 12.1 Å². The first-order chi connectivity index (χ1) is 10.8. The van der Waals surface area contributed by atoms with Crippen molar-refractivity contribution in [2.75, 3.05) is 6.54 Å². The van der Waals surface area contributed by atoms with Crippen LogP contribution in [0, 0.1) is 0 Å². The molecule has 1 aliphatic heterocycles. The van der Waals surface area contributed by atoms with Gasteiger partial charge in [-0.2, -0.15) is 0 Å². The predicted octanol–water partition coefficient (Wildman–Crippen LogP) is 3.97. The molecule has 4 nitrogen and oxygen atoms in total. The second kappa shape index (κ2) is 7.40. The summed E-state index contributed by atoms with van der Waals surface area (Å²) in [5, 5.41) is 5.10. The predicted molar refractivity (Wildman–Crippen MR) is 88.7 cm³/mol. The molecular formula is C17H21N3OS. The lowest BCUT2D eigenvalue weighted by atomic mass is 10.0. The number of rotatable bonds is 3. The minimum atomic E-state index is 0.0390. The van der Waals surface area contributed by atoms with E-state index in [4.69, 9.17) is 0 Å². The summed E-state index contributed by atoms with van der Waals surface area (Å²) in [4.78, 5) is 19.9. The van der Waals surface area contributed by atoms with E-state index >= 15 is 0 Å². The minimum absolute atomic E-state index is 0.0390. The van der Waals surface area contributed by atoms with Crippen LogP contribution in [0.2, 0.25) is 0 Å². The molecule has 2 aromatic heterocycles. The average molecular weight is 315 g/mol. The van der Waals surface area contributed by atoms with Crippen LogP contribution in [0.3, 0.4) is 0 Å². The van der Waals surface area contributed by atoms with Gasteiger partial charge in [-0.1, -0.05) is 18.9 Å². The third kappa shape index (κ3) is 3.65. The van der Waals surface area contributed by atoms with Crippen LogP contribution < -0.4 is 5.32 Å². The van der Waals surface area contributed by atoms with Crippen LogP contribution in [0.5, 0.6) is 0 Å². The first-order valence-electron chi connectivity index (χ1n) is 7.81. The zero-order chi connectivity index (χ0) is 15.2. The number of nitrogens with zero attached hydrogens (tertiary/aromatic N) is 2. The molecule has 1 N–H and O–H groups in total. The highest BCUT2D eigenvalue weighted by Gasteiger charge is 2.26. The van der Waals surface area contributed by atoms with Crippen molar-refractivity contribution in [3.05, 3.63) is 52.5 Å². The molecule has 0 aliphatic carbocycles. The van der Waals surface area contributed by atoms with Crippen molar-refractivity contribution in [3.63, 3.8) is 0 Å². The van der Waals surface area contributed by atoms with Gasteiger partial charge >= 0.3 is 6.03 Å². The molecule has 0 bridgehead atoms. The molecule has 0 spiro atoms. The zero-order valence-corrected chi connectivity index (χ0v) is 13.4. The Hall–Kier alpha value is -1.88. The molecule has 0 saturated carbocycles. The summed E-state index contributed by atoms with van der Waals surface area (Å²) in [6, 6.07) is 8.31. The van der Waals surface area contributed by atoms with E-state index in [2.05, 4.69) is 10.3 Å². The van der Waals surface area contributed by atoms with Crippen molar-refractivity contribution < 1.29 is 4.79 Å². The molecule has 1 fully saturated rings. The van der Waals surface area contributed by atoms with Crippen LogP contribution >= 0.6 is 11.3 Å². The Kier molecular flexibility index (Phi) is 5.06. The van der Waals surface area contributed by atoms with E-state index in [0.29, 0.717) is 6.54 Å². The number of pyridine rings is 1. The Balaban J connectivity index is 1.71. The molecule has 0 aromatic carbocycles. The highest BCUT2D eigenvalue weighted by Crippen LogP contribution is 2.29. The van der Waals surface area contributed by atoms with E-state index < -0.39 is 0 Å². The third-order valence-corrected chi connectivity index (χ3v) is 4.97. The molecule has 5 heteroatoms. The molecule has 116 valence electrons. The van der Waals surface area contributed by atoms with Crippen LogP contribution in [-0.2, 0) is 6.54 Å². The fraction of sp³-hybridized carbons (Fsp3) is 0.412. The van der Waals surface area contributed by atoms with E-state index in [9.17, 15) is 4.79 Å². The molecule has 0 unspecified atom stereocenters. The first kappa shape index (κ1) is 15.0. The van der Waals surface area contributed by atoms with Gasteiger partial charge in [-0.15, -0.1) is 11.3 Å². The van der Waals surface area contributed by atoms with Gasteiger partial charge in [0.1, 0.15) is 0 Å². The van der Waals surface area contributed by atoms with Gasteiger partial charge in [0.25, 0.3) is 0 Å². The summed E-state index contributed by atoms with van der Waals surface area (Å²) in [6.45, 7) is 1.43. The molecule has 1 saturated heterocycles. The summed E-state index contributed by atoms with van der Waals surface area (Å²) in [5.74, 6) is 0. The molecule has 1 atom stereocenters. The van der Waals surface area contributed by atoms with Crippen molar-refractivity contribution in [3.8, 4) is 0 Å². The lowest BCUT2D eigenvalue weighted by Gasteiger charge is -2.30. The van der Waals surface area contributed by atoms with E-state index in [1.165, 1.54) is 23.3 Å². The van der Waals surface area contributed by atoms with E-state index in [1.54, 1.807) is 11.3 Å². The molecule has 3 rings (SSSR count). The number of amides is 2. The van der Waals surface area contributed by atoms with Crippen LogP contribution in [0.25, 0.3) is 0 Å². The lowest BCUT2D eigenvalue weighted by Crippen LogP contribution is -2.41. The Morgan fingerprint density at radius 1 is 1.27 bits per heavy atom. The number of likely N-dealkylation sites (tertiary alicyclic amines) is 1. The number of hydrogen-bond donors (Lipinski definition) is 1. The first-order valence-corrected chi connectivity index (χ1v) is 8.69. The molecule has 0 radical (unpaired) electrons. The van der Waals surface area contributed by atoms with Crippen molar-refractivity contribution in [1.29, 1.82) is 0 Å². The molecule has 2 aromatic rings. The quantitative estimate of drug-likeness (QED) is 0.931. The highest BCUT2D eigenvalue weighted by molar-refractivity contribution is 7.09. The highest BCUT2D eigenvalue weighted by atomic mass is 32.1. The molecular weight excluding hydrogens is 294 g/mol. The minimum Gasteiger partial charge on any atom is -0.333 e. The Morgan fingerprint density at radius 3 is 2.91 bits per heavy atom. The fourth-order valence-corrected chi connectivity index (χ4v) is 3.61. The summed E-state index contributed by atoms with van der Waals surface area (Å²) in [5.41, 5.74) is 1.18. The van der Waals surface area contributed by atoms with Gasteiger partial charge in [-0.05, 0) is 42.0 Å². The smallest absolute Gasteiger partial charge is 0.318 e. The summed E-state index contributed by atoms with van der Waals surface area (Å²) in [7, 11) is 0. The van der Waals surface area contributed by atoms with Gasteiger partial charge in [0.2, 0.25) is 0 Å². The summed E-state index contributed by atoms with van der Waals surface area (Å²) >= 11 is 1.67. The van der Waals surface area contributed by atoms with Gasteiger partial charge in [0, 0.05) is 23.8 Å². The largest absolute Gasteiger partial charge is 0.333 e. The second-order valence-electron chi connectivity index (χ2n) is 5.58. The number of thiophene rings is 1. The van der Waals surface area contributed by atoms with Crippen LogP contribution in [0.15, 0.2) is 42.0 Å². The Bertz CT molecular complexity index is 585. The standard InChI is InChI=1S/C17H21N3OS/c21-17(19-13-15-5-4-12-22-15)20-11-3-1-2-6-16(20)14-7-9-18-10-8-14/h4-5,7-10,12,16H,1-3,6,11,13H2,(H,19,21)/t16-/m1/s1. The van der Waals surface area contributed by atoms with Gasteiger partial charge < -0.3 is 10.2 Å². The van der Waals surface area contributed by atoms with Gasteiger partial charge in [0.15, 0.2) is 0 Å². The van der Waals surface area contributed by atoms with Crippen molar-refractivity contribution in [1.82, 2.24) is 15.2 Å². The number of nitrogens with one attached hydrogen (secondary N) is 1. The number of urea groups is 1. The zero-order valence-electron chi connectivity index (χ0n) is 12.6. The molecule has 3 heterocycles. The van der Waals surface area contributed by atoms with Crippen molar-refractivity contribution >= 4 is 17.4 Å². The maximum absolute atomic E-state index is 12.6. The molecule has 22 heavy (non-hydrogen) atoms. The topological polar surface area (TPSA) is 45.2 Å². The van der Waals surface area contributed by atoms with Crippen molar-refractivity contribution in [2.45, 2.75) is 38.3 Å². The Labute approximate surface area is 135 Å². The SMILES string of the molecule is O=C(NCc1cccs1)N1CCCCC[C@@H]1c1ccncc1. The maximum atomic E-state index is 12.6. The lowest BCUT2D eigenvalue weighted by molar-refractivity contribution is 0.175. The number of aromatic nitrogens is 1. The monoisotopic (exact) mass is 315 g/mol.